The molecule has 1 amide bonds. The van der Waals surface area contributed by atoms with Crippen molar-refractivity contribution in [1.29, 1.82) is 0 Å². The van der Waals surface area contributed by atoms with Crippen LogP contribution in [-0.4, -0.2) is 36.6 Å². The smallest absolute Gasteiger partial charge is 0.311 e. The molecule has 0 aromatic heterocycles. The molecule has 1 aromatic rings. The van der Waals surface area contributed by atoms with Crippen LogP contribution in [0.1, 0.15) is 30.6 Å². The standard InChI is InChI=1S/C15H21N3O4.ClH/c1-3-22-14-5-4-11(8-13(14)18(20)21)15(19)17-12-9-16-7-6-10(12)2;/h4-5,8,10,12,16H,3,6-7,9H2,1-2H3,(H,17,19);1H. The second kappa shape index (κ2) is 8.69. The van der Waals surface area contributed by atoms with Crippen molar-refractivity contribution in [2.75, 3.05) is 19.7 Å². The number of carbonyl (C=O) groups is 1. The monoisotopic (exact) mass is 343 g/mol. The van der Waals surface area contributed by atoms with Gasteiger partial charge in [0, 0.05) is 24.2 Å². The first kappa shape index (κ1) is 19.2. The Morgan fingerprint density at radius 1 is 1.52 bits per heavy atom. The lowest BCUT2D eigenvalue weighted by molar-refractivity contribution is -0.385. The Balaban J connectivity index is 0.00000264. The number of ether oxygens (including phenoxy) is 1. The van der Waals surface area contributed by atoms with Gasteiger partial charge in [0.15, 0.2) is 5.75 Å². The van der Waals surface area contributed by atoms with Crippen LogP contribution in [0.25, 0.3) is 0 Å². The molecule has 1 aliphatic heterocycles. The zero-order chi connectivity index (χ0) is 16.1. The van der Waals surface area contributed by atoms with Crippen LogP contribution in [0.5, 0.6) is 5.75 Å². The molecule has 128 valence electrons. The first-order valence-corrected chi connectivity index (χ1v) is 7.45. The molecular formula is C15H22ClN3O4. The molecule has 2 unspecified atom stereocenters. The zero-order valence-electron chi connectivity index (χ0n) is 13.2. The average Bonchev–Trinajstić information content (AvgIpc) is 2.50. The minimum absolute atomic E-state index is 0. The van der Waals surface area contributed by atoms with E-state index in [0.29, 0.717) is 19.1 Å². The van der Waals surface area contributed by atoms with Gasteiger partial charge in [-0.3, -0.25) is 14.9 Å². The summed E-state index contributed by atoms with van der Waals surface area (Å²) in [7, 11) is 0. The number of hydrogen-bond acceptors (Lipinski definition) is 5. The van der Waals surface area contributed by atoms with Crippen molar-refractivity contribution in [3.8, 4) is 5.75 Å². The molecule has 1 heterocycles. The number of carbonyl (C=O) groups excluding carboxylic acids is 1. The van der Waals surface area contributed by atoms with Gasteiger partial charge in [-0.25, -0.2) is 0 Å². The first-order chi connectivity index (χ1) is 10.5. The Labute approximate surface area is 141 Å². The van der Waals surface area contributed by atoms with Gasteiger partial charge in [0.05, 0.1) is 11.5 Å². The molecule has 0 spiro atoms. The Morgan fingerprint density at radius 3 is 2.87 bits per heavy atom. The summed E-state index contributed by atoms with van der Waals surface area (Å²) in [5.74, 6) is 0.256. The van der Waals surface area contributed by atoms with Crippen LogP contribution in [0.3, 0.4) is 0 Å². The highest BCUT2D eigenvalue weighted by molar-refractivity contribution is 5.95. The Morgan fingerprint density at radius 2 is 2.26 bits per heavy atom. The highest BCUT2D eigenvalue weighted by Crippen LogP contribution is 2.28. The number of nitrogens with one attached hydrogen (secondary N) is 2. The quantitative estimate of drug-likeness (QED) is 0.631. The van der Waals surface area contributed by atoms with Gasteiger partial charge < -0.3 is 15.4 Å². The van der Waals surface area contributed by atoms with Crippen molar-refractivity contribution in [3.05, 3.63) is 33.9 Å². The minimum Gasteiger partial charge on any atom is -0.487 e. The number of piperidine rings is 1. The van der Waals surface area contributed by atoms with Gasteiger partial charge >= 0.3 is 5.69 Å². The summed E-state index contributed by atoms with van der Waals surface area (Å²) in [5.41, 5.74) is 0.0808. The van der Waals surface area contributed by atoms with Crippen LogP contribution >= 0.6 is 12.4 Å². The number of rotatable bonds is 5. The summed E-state index contributed by atoms with van der Waals surface area (Å²) in [4.78, 5) is 22.9. The first-order valence-electron chi connectivity index (χ1n) is 7.45. The fourth-order valence-electron chi connectivity index (χ4n) is 2.51. The molecule has 2 N–H and O–H groups in total. The van der Waals surface area contributed by atoms with E-state index in [1.54, 1.807) is 13.0 Å². The molecular weight excluding hydrogens is 322 g/mol. The van der Waals surface area contributed by atoms with E-state index in [9.17, 15) is 14.9 Å². The summed E-state index contributed by atoms with van der Waals surface area (Å²) in [6.07, 6.45) is 0.994. The van der Waals surface area contributed by atoms with Crippen LogP contribution in [0.4, 0.5) is 5.69 Å². The highest BCUT2D eigenvalue weighted by Gasteiger charge is 2.24. The van der Waals surface area contributed by atoms with Crippen molar-refractivity contribution >= 4 is 24.0 Å². The number of nitro benzene ring substituents is 1. The molecule has 2 atom stereocenters. The lowest BCUT2D eigenvalue weighted by atomic mass is 9.94. The van der Waals surface area contributed by atoms with E-state index < -0.39 is 4.92 Å². The number of amides is 1. The van der Waals surface area contributed by atoms with E-state index in [0.717, 1.165) is 13.0 Å². The van der Waals surface area contributed by atoms with Gasteiger partial charge in [-0.15, -0.1) is 12.4 Å². The number of benzene rings is 1. The van der Waals surface area contributed by atoms with Crippen LogP contribution in [0.15, 0.2) is 18.2 Å². The summed E-state index contributed by atoms with van der Waals surface area (Å²) in [5, 5.41) is 17.3. The molecule has 0 radical (unpaired) electrons. The van der Waals surface area contributed by atoms with Crippen LogP contribution in [-0.2, 0) is 0 Å². The normalized spacial score (nSPS) is 20.3. The summed E-state index contributed by atoms with van der Waals surface area (Å²) >= 11 is 0. The van der Waals surface area contributed by atoms with Crippen molar-refractivity contribution in [2.45, 2.75) is 26.3 Å². The van der Waals surface area contributed by atoms with E-state index in [-0.39, 0.29) is 41.4 Å². The van der Waals surface area contributed by atoms with E-state index in [1.165, 1.54) is 12.1 Å². The molecule has 23 heavy (non-hydrogen) atoms. The number of nitro groups is 1. The van der Waals surface area contributed by atoms with Crippen molar-refractivity contribution in [1.82, 2.24) is 10.6 Å². The average molecular weight is 344 g/mol. The van der Waals surface area contributed by atoms with E-state index >= 15 is 0 Å². The third-order valence-corrected chi connectivity index (χ3v) is 3.86. The fourth-order valence-corrected chi connectivity index (χ4v) is 2.51. The molecule has 8 heteroatoms. The third-order valence-electron chi connectivity index (χ3n) is 3.86. The van der Waals surface area contributed by atoms with Gasteiger partial charge in [-0.2, -0.15) is 0 Å². The maximum atomic E-state index is 12.3. The lowest BCUT2D eigenvalue weighted by Gasteiger charge is -2.30. The van der Waals surface area contributed by atoms with Gasteiger partial charge in [0.25, 0.3) is 5.91 Å². The molecule has 0 aliphatic carbocycles. The van der Waals surface area contributed by atoms with Gasteiger partial charge in [-0.1, -0.05) is 6.92 Å². The molecule has 7 nitrogen and oxygen atoms in total. The molecule has 0 bridgehead atoms. The second-order valence-electron chi connectivity index (χ2n) is 5.42. The Hall–Kier alpha value is -1.86. The third kappa shape index (κ3) is 4.80. The predicted octanol–water partition coefficient (Wildman–Crippen LogP) is 2.14. The fraction of sp³-hybridized carbons (Fsp3) is 0.533. The Bertz CT molecular complexity index is 568. The van der Waals surface area contributed by atoms with E-state index in [2.05, 4.69) is 17.6 Å². The van der Waals surface area contributed by atoms with Gasteiger partial charge in [0.1, 0.15) is 0 Å². The summed E-state index contributed by atoms with van der Waals surface area (Å²) < 4.78 is 5.22. The molecule has 1 fully saturated rings. The zero-order valence-corrected chi connectivity index (χ0v) is 14.0. The van der Waals surface area contributed by atoms with E-state index in [1.807, 2.05) is 0 Å². The highest BCUT2D eigenvalue weighted by atomic mass is 35.5. The minimum atomic E-state index is -0.535. The molecule has 1 aromatic carbocycles. The van der Waals surface area contributed by atoms with E-state index in [4.69, 9.17) is 4.74 Å². The molecule has 1 aliphatic rings. The van der Waals surface area contributed by atoms with Crippen LogP contribution in [0, 0.1) is 16.0 Å². The summed E-state index contributed by atoms with van der Waals surface area (Å²) in [6, 6.07) is 4.32. The Kier molecular flexibility index (Phi) is 7.25. The summed E-state index contributed by atoms with van der Waals surface area (Å²) in [6.45, 7) is 5.83. The number of halogens is 1. The maximum absolute atomic E-state index is 12.3. The largest absolute Gasteiger partial charge is 0.487 e. The second-order valence-corrected chi connectivity index (χ2v) is 5.42. The molecule has 0 saturated carbocycles. The van der Waals surface area contributed by atoms with Crippen molar-refractivity contribution in [3.63, 3.8) is 0 Å². The van der Waals surface area contributed by atoms with Crippen LogP contribution in [0.2, 0.25) is 0 Å². The number of hydrogen-bond donors (Lipinski definition) is 2. The predicted molar refractivity (Wildman–Crippen MR) is 89.4 cm³/mol. The van der Waals surface area contributed by atoms with Gasteiger partial charge in [0.2, 0.25) is 0 Å². The van der Waals surface area contributed by atoms with Gasteiger partial charge in [-0.05, 0) is 37.9 Å². The lowest BCUT2D eigenvalue weighted by Crippen LogP contribution is -2.50. The maximum Gasteiger partial charge on any atom is 0.311 e. The van der Waals surface area contributed by atoms with Crippen molar-refractivity contribution < 1.29 is 14.5 Å². The van der Waals surface area contributed by atoms with Crippen LogP contribution < -0.4 is 15.4 Å². The number of nitrogens with zero attached hydrogens (tertiary/aromatic N) is 1. The molecule has 2 rings (SSSR count). The topological polar surface area (TPSA) is 93.5 Å². The van der Waals surface area contributed by atoms with Crippen molar-refractivity contribution in [2.24, 2.45) is 5.92 Å². The molecule has 1 saturated heterocycles. The SMILES string of the molecule is CCOc1ccc(C(=O)NC2CNCCC2C)cc1[N+](=O)[O-].Cl.